The largest absolute Gasteiger partial charge is 0.298 e. The third-order valence-electron chi connectivity index (χ3n) is 3.88. The highest BCUT2D eigenvalue weighted by Gasteiger charge is 2.09. The third-order valence-corrected chi connectivity index (χ3v) is 5.03. The Labute approximate surface area is 181 Å². The first kappa shape index (κ1) is 20.0. The highest BCUT2D eigenvalue weighted by molar-refractivity contribution is 14.1. The number of thiocarbonyl (C=S) groups is 1. The summed E-state index contributed by atoms with van der Waals surface area (Å²) in [5, 5.41) is 4.66. The van der Waals surface area contributed by atoms with Gasteiger partial charge in [0.05, 0.1) is 5.56 Å². The molecule has 0 aliphatic carbocycles. The minimum absolute atomic E-state index is 0.00635. The maximum absolute atomic E-state index is 12.1. The zero-order valence-electron chi connectivity index (χ0n) is 14.6. The van der Waals surface area contributed by atoms with Crippen LogP contribution < -0.4 is 16.2 Å². The molecule has 7 heteroatoms. The molecule has 0 atom stereocenters. The molecule has 0 saturated carbocycles. The van der Waals surface area contributed by atoms with E-state index in [0.29, 0.717) is 5.56 Å². The number of hydrazine groups is 1. The van der Waals surface area contributed by atoms with Crippen molar-refractivity contribution in [1.29, 1.82) is 0 Å². The Balaban J connectivity index is 1.56. The summed E-state index contributed by atoms with van der Waals surface area (Å²) in [6, 6.07) is 21.0. The molecule has 0 spiro atoms. The van der Waals surface area contributed by atoms with Gasteiger partial charge in [-0.25, -0.2) is 0 Å². The molecule has 3 rings (SSSR count). The van der Waals surface area contributed by atoms with Crippen LogP contribution in [0.3, 0.4) is 0 Å². The lowest BCUT2D eigenvalue weighted by Gasteiger charge is -2.10. The molecule has 0 heterocycles. The van der Waals surface area contributed by atoms with E-state index in [1.54, 1.807) is 18.2 Å². The first-order valence-corrected chi connectivity index (χ1v) is 9.85. The van der Waals surface area contributed by atoms with E-state index in [-0.39, 0.29) is 11.0 Å². The minimum atomic E-state index is -0.394. The number of benzene rings is 3. The number of hydrogen-bond acceptors (Lipinski definition) is 3. The number of hydrogen-bond donors (Lipinski definition) is 3. The molecule has 3 aromatic carbocycles. The quantitative estimate of drug-likeness (QED) is 0.221. The average Bonchev–Trinajstić information content (AvgIpc) is 2.70. The summed E-state index contributed by atoms with van der Waals surface area (Å²) in [4.78, 5) is 24.2. The van der Waals surface area contributed by atoms with Crippen molar-refractivity contribution < 1.29 is 9.59 Å². The van der Waals surface area contributed by atoms with Gasteiger partial charge in [-0.15, -0.1) is 0 Å². The van der Waals surface area contributed by atoms with Crippen LogP contribution in [-0.2, 0) is 4.79 Å². The van der Waals surface area contributed by atoms with Gasteiger partial charge in [0.1, 0.15) is 0 Å². The van der Waals surface area contributed by atoms with Crippen molar-refractivity contribution in [1.82, 2.24) is 16.2 Å². The maximum Gasteiger partial charge on any atom is 0.270 e. The second-order valence-electron chi connectivity index (χ2n) is 5.78. The van der Waals surface area contributed by atoms with Crippen LogP contribution in [0.4, 0.5) is 0 Å². The summed E-state index contributed by atoms with van der Waals surface area (Å²) in [6.07, 6.45) is 3.13. The van der Waals surface area contributed by atoms with Crippen LogP contribution in [0, 0.1) is 3.57 Å². The molecule has 3 N–H and O–H groups in total. The van der Waals surface area contributed by atoms with Gasteiger partial charge in [-0.1, -0.05) is 54.6 Å². The molecule has 5 nitrogen and oxygen atoms in total. The Morgan fingerprint density at radius 1 is 0.893 bits per heavy atom. The summed E-state index contributed by atoms with van der Waals surface area (Å²) < 4.78 is 0.812. The fraction of sp³-hybridized carbons (Fsp3) is 0. The van der Waals surface area contributed by atoms with Crippen molar-refractivity contribution in [3.8, 4) is 0 Å². The van der Waals surface area contributed by atoms with Gasteiger partial charge in [0.25, 0.3) is 5.91 Å². The normalized spacial score (nSPS) is 10.6. The standard InChI is InChI=1S/C21H16IN3O2S/c22-18-11-4-3-10-17(18)20(27)24-25-21(28)23-19(26)13-12-15-8-5-7-14-6-1-2-9-16(14)15/h1-13H,(H,24,27)(H2,23,25,26,28). The van der Waals surface area contributed by atoms with Crippen molar-refractivity contribution in [2.45, 2.75) is 0 Å². The van der Waals surface area contributed by atoms with Crippen LogP contribution in [0.25, 0.3) is 16.8 Å². The van der Waals surface area contributed by atoms with E-state index in [2.05, 4.69) is 38.8 Å². The van der Waals surface area contributed by atoms with Crippen molar-refractivity contribution in [3.63, 3.8) is 0 Å². The van der Waals surface area contributed by atoms with Gasteiger partial charge in [0.2, 0.25) is 5.91 Å². The molecule has 2 amide bonds. The maximum atomic E-state index is 12.1. The van der Waals surface area contributed by atoms with E-state index in [1.807, 2.05) is 54.6 Å². The number of halogens is 1. The molecular weight excluding hydrogens is 485 g/mol. The smallest absolute Gasteiger partial charge is 0.270 e. The summed E-state index contributed by atoms with van der Waals surface area (Å²) in [5.74, 6) is -0.734. The van der Waals surface area contributed by atoms with Crippen LogP contribution in [0.2, 0.25) is 0 Å². The van der Waals surface area contributed by atoms with Gasteiger partial charge < -0.3 is 0 Å². The highest BCUT2D eigenvalue weighted by atomic mass is 127. The van der Waals surface area contributed by atoms with Gasteiger partial charge in [0, 0.05) is 9.65 Å². The summed E-state index contributed by atoms with van der Waals surface area (Å²) >= 11 is 7.12. The van der Waals surface area contributed by atoms with E-state index >= 15 is 0 Å². The molecule has 0 aliphatic rings. The Morgan fingerprint density at radius 3 is 2.43 bits per heavy atom. The molecule has 0 unspecified atom stereocenters. The lowest BCUT2D eigenvalue weighted by molar-refractivity contribution is -0.115. The molecule has 0 saturated heterocycles. The average molecular weight is 501 g/mol. The zero-order chi connectivity index (χ0) is 19.9. The summed E-state index contributed by atoms with van der Waals surface area (Å²) in [7, 11) is 0. The van der Waals surface area contributed by atoms with Crippen molar-refractivity contribution >= 4 is 68.6 Å². The van der Waals surface area contributed by atoms with E-state index in [9.17, 15) is 9.59 Å². The lowest BCUT2D eigenvalue weighted by Crippen LogP contribution is -2.48. The van der Waals surface area contributed by atoms with Crippen LogP contribution in [0.1, 0.15) is 15.9 Å². The number of rotatable bonds is 3. The second-order valence-corrected chi connectivity index (χ2v) is 7.35. The van der Waals surface area contributed by atoms with Crippen molar-refractivity contribution in [3.05, 3.63) is 87.5 Å². The van der Waals surface area contributed by atoms with E-state index in [4.69, 9.17) is 12.2 Å². The van der Waals surface area contributed by atoms with E-state index < -0.39 is 5.91 Å². The fourth-order valence-electron chi connectivity index (χ4n) is 2.57. The van der Waals surface area contributed by atoms with Gasteiger partial charge in [0.15, 0.2) is 5.11 Å². The number of fused-ring (bicyclic) bond motifs is 1. The molecular formula is C21H16IN3O2S. The van der Waals surface area contributed by atoms with Crippen molar-refractivity contribution in [2.75, 3.05) is 0 Å². The van der Waals surface area contributed by atoms with Gasteiger partial charge >= 0.3 is 0 Å². The number of carbonyl (C=O) groups excluding carboxylic acids is 2. The Bertz CT molecular complexity index is 1080. The number of carbonyl (C=O) groups is 2. The molecule has 0 bridgehead atoms. The van der Waals surface area contributed by atoms with Crippen LogP contribution >= 0.6 is 34.8 Å². The minimum Gasteiger partial charge on any atom is -0.298 e. The van der Waals surface area contributed by atoms with E-state index in [1.165, 1.54) is 6.08 Å². The topological polar surface area (TPSA) is 70.2 Å². The fourth-order valence-corrected chi connectivity index (χ4v) is 3.36. The molecule has 140 valence electrons. The third kappa shape index (κ3) is 5.14. The SMILES string of the molecule is O=C(C=Cc1cccc2ccccc12)NC(=S)NNC(=O)c1ccccc1I. The van der Waals surface area contributed by atoms with Crippen LogP contribution in [0.15, 0.2) is 72.8 Å². The first-order valence-electron chi connectivity index (χ1n) is 8.36. The Hall–Kier alpha value is -2.78. The number of amides is 2. The van der Waals surface area contributed by atoms with Crippen LogP contribution in [0.5, 0.6) is 0 Å². The monoisotopic (exact) mass is 501 g/mol. The summed E-state index contributed by atoms with van der Waals surface area (Å²) in [6.45, 7) is 0. The van der Waals surface area contributed by atoms with E-state index in [0.717, 1.165) is 19.9 Å². The van der Waals surface area contributed by atoms with Crippen LogP contribution in [-0.4, -0.2) is 16.9 Å². The Morgan fingerprint density at radius 2 is 1.61 bits per heavy atom. The molecule has 0 fully saturated rings. The zero-order valence-corrected chi connectivity index (χ0v) is 17.6. The highest BCUT2D eigenvalue weighted by Crippen LogP contribution is 2.19. The predicted octanol–water partition coefficient (Wildman–Crippen LogP) is 3.79. The molecule has 0 aromatic heterocycles. The van der Waals surface area contributed by atoms with Crippen molar-refractivity contribution in [2.24, 2.45) is 0 Å². The predicted molar refractivity (Wildman–Crippen MR) is 123 cm³/mol. The first-order chi connectivity index (χ1) is 13.5. The number of nitrogens with one attached hydrogen (secondary N) is 3. The second kappa shape index (κ2) is 9.43. The lowest BCUT2D eigenvalue weighted by atomic mass is 10.0. The van der Waals surface area contributed by atoms with Gasteiger partial charge in [-0.05, 0) is 69.4 Å². The Kier molecular flexibility index (Phi) is 6.72. The summed E-state index contributed by atoms with van der Waals surface area (Å²) in [5.41, 5.74) is 6.44. The van der Waals surface area contributed by atoms with Gasteiger partial charge in [-0.3, -0.25) is 25.8 Å². The molecule has 0 aliphatic heterocycles. The molecule has 28 heavy (non-hydrogen) atoms. The molecule has 0 radical (unpaired) electrons. The molecule has 3 aromatic rings. The van der Waals surface area contributed by atoms with Gasteiger partial charge in [-0.2, -0.15) is 0 Å².